The van der Waals surface area contributed by atoms with Crippen molar-refractivity contribution in [2.75, 3.05) is 19.8 Å². The zero-order valence-electron chi connectivity index (χ0n) is 11.4. The van der Waals surface area contributed by atoms with Crippen LogP contribution in [-0.2, 0) is 14.3 Å². The summed E-state index contributed by atoms with van der Waals surface area (Å²) in [6.45, 7) is 9.60. The fourth-order valence-electron chi connectivity index (χ4n) is 1.96. The second-order valence-electron chi connectivity index (χ2n) is 5.57. The van der Waals surface area contributed by atoms with Crippen molar-refractivity contribution in [2.45, 2.75) is 52.2 Å². The average Bonchev–Trinajstić information content (AvgIpc) is 2.69. The lowest BCUT2D eigenvalue weighted by Gasteiger charge is -2.20. The summed E-state index contributed by atoms with van der Waals surface area (Å²) in [6.07, 6.45) is 2.36. The van der Waals surface area contributed by atoms with Crippen molar-refractivity contribution in [1.82, 2.24) is 5.32 Å². The number of nitrogens with one attached hydrogen (secondary N) is 1. The summed E-state index contributed by atoms with van der Waals surface area (Å²) in [5, 5.41) is 2.92. The summed E-state index contributed by atoms with van der Waals surface area (Å²) >= 11 is 0. The van der Waals surface area contributed by atoms with Gasteiger partial charge in [-0.2, -0.15) is 0 Å². The molecule has 4 nitrogen and oxygen atoms in total. The van der Waals surface area contributed by atoms with Crippen LogP contribution in [0, 0.1) is 5.92 Å². The summed E-state index contributed by atoms with van der Waals surface area (Å²) in [5.41, 5.74) is -0.264. The van der Waals surface area contributed by atoms with Gasteiger partial charge in [-0.1, -0.05) is 6.92 Å². The number of hydrogen-bond acceptors (Lipinski definition) is 3. The van der Waals surface area contributed by atoms with Gasteiger partial charge in [0, 0.05) is 19.1 Å². The van der Waals surface area contributed by atoms with Crippen LogP contribution in [-0.4, -0.2) is 37.4 Å². The van der Waals surface area contributed by atoms with Gasteiger partial charge in [0.25, 0.3) is 0 Å². The van der Waals surface area contributed by atoms with Crippen LogP contribution in [0.5, 0.6) is 0 Å². The van der Waals surface area contributed by atoms with Gasteiger partial charge in [0.2, 0.25) is 5.91 Å². The smallest absolute Gasteiger partial charge is 0.246 e. The predicted molar refractivity (Wildman–Crippen MR) is 66.9 cm³/mol. The first kappa shape index (κ1) is 14.5. The Balaban J connectivity index is 2.19. The lowest BCUT2D eigenvalue weighted by atomic mass is 10.00. The summed E-state index contributed by atoms with van der Waals surface area (Å²) in [5.74, 6) is 0.417. The van der Waals surface area contributed by atoms with Gasteiger partial charge in [-0.05, 0) is 33.6 Å². The molecule has 1 aliphatic rings. The number of carbonyl (C=O) groups is 1. The molecule has 0 saturated carbocycles. The van der Waals surface area contributed by atoms with E-state index in [0.717, 1.165) is 19.4 Å². The minimum atomic E-state index is -0.264. The van der Waals surface area contributed by atoms with Crippen LogP contribution in [0.25, 0.3) is 0 Å². The second-order valence-corrected chi connectivity index (χ2v) is 5.57. The molecule has 1 rings (SSSR count). The van der Waals surface area contributed by atoms with E-state index < -0.39 is 0 Å². The van der Waals surface area contributed by atoms with Gasteiger partial charge in [0.15, 0.2) is 0 Å². The Morgan fingerprint density at radius 1 is 1.47 bits per heavy atom. The number of rotatable bonds is 5. The van der Waals surface area contributed by atoms with Gasteiger partial charge in [-0.15, -0.1) is 0 Å². The molecule has 0 bridgehead atoms. The molecule has 1 N–H and O–H groups in total. The lowest BCUT2D eigenvalue weighted by molar-refractivity contribution is -0.130. The monoisotopic (exact) mass is 243 g/mol. The SMILES string of the molecule is CCC1OCCC1CNC(=O)COC(C)(C)C. The van der Waals surface area contributed by atoms with Gasteiger partial charge in [0.1, 0.15) is 6.61 Å². The van der Waals surface area contributed by atoms with Crippen molar-refractivity contribution in [3.8, 4) is 0 Å². The number of amides is 1. The van der Waals surface area contributed by atoms with Gasteiger partial charge >= 0.3 is 0 Å². The minimum absolute atomic E-state index is 0.0401. The highest BCUT2D eigenvalue weighted by molar-refractivity contribution is 5.77. The van der Waals surface area contributed by atoms with Crippen molar-refractivity contribution < 1.29 is 14.3 Å². The van der Waals surface area contributed by atoms with Crippen LogP contribution >= 0.6 is 0 Å². The Labute approximate surface area is 104 Å². The first-order chi connectivity index (χ1) is 7.92. The van der Waals surface area contributed by atoms with Crippen molar-refractivity contribution in [3.05, 3.63) is 0 Å². The molecule has 1 fully saturated rings. The largest absolute Gasteiger partial charge is 0.378 e. The zero-order valence-corrected chi connectivity index (χ0v) is 11.4. The van der Waals surface area contributed by atoms with Crippen molar-refractivity contribution in [3.63, 3.8) is 0 Å². The number of carbonyl (C=O) groups excluding carboxylic acids is 1. The van der Waals surface area contributed by atoms with E-state index in [9.17, 15) is 4.79 Å². The Kier molecular flexibility index (Phi) is 5.40. The van der Waals surface area contributed by atoms with Crippen LogP contribution in [0.4, 0.5) is 0 Å². The molecular formula is C13H25NO3. The molecule has 17 heavy (non-hydrogen) atoms. The average molecular weight is 243 g/mol. The first-order valence-electron chi connectivity index (χ1n) is 6.44. The maximum absolute atomic E-state index is 11.6. The normalized spacial score (nSPS) is 24.9. The molecule has 0 aromatic carbocycles. The Bertz CT molecular complexity index is 248. The van der Waals surface area contributed by atoms with Crippen LogP contribution in [0.3, 0.4) is 0 Å². The molecule has 0 aromatic rings. The van der Waals surface area contributed by atoms with E-state index in [-0.39, 0.29) is 18.1 Å². The second kappa shape index (κ2) is 6.36. The van der Waals surface area contributed by atoms with E-state index in [2.05, 4.69) is 12.2 Å². The molecule has 0 radical (unpaired) electrons. The summed E-state index contributed by atoms with van der Waals surface area (Å²) in [4.78, 5) is 11.6. The topological polar surface area (TPSA) is 47.6 Å². The molecule has 1 heterocycles. The van der Waals surface area contributed by atoms with E-state index in [1.54, 1.807) is 0 Å². The highest BCUT2D eigenvalue weighted by atomic mass is 16.5. The van der Waals surface area contributed by atoms with Gasteiger partial charge in [-0.25, -0.2) is 0 Å². The fraction of sp³-hybridized carbons (Fsp3) is 0.923. The van der Waals surface area contributed by atoms with Gasteiger partial charge in [0.05, 0.1) is 11.7 Å². The van der Waals surface area contributed by atoms with Crippen LogP contribution in [0.2, 0.25) is 0 Å². The molecule has 100 valence electrons. The molecule has 1 aliphatic heterocycles. The van der Waals surface area contributed by atoms with E-state index in [1.165, 1.54) is 0 Å². The van der Waals surface area contributed by atoms with E-state index in [4.69, 9.17) is 9.47 Å². The standard InChI is InChI=1S/C13H25NO3/c1-5-11-10(6-7-16-11)8-14-12(15)9-17-13(2,3)4/h10-11H,5-9H2,1-4H3,(H,14,15). The molecular weight excluding hydrogens is 218 g/mol. The van der Waals surface area contributed by atoms with E-state index >= 15 is 0 Å². The minimum Gasteiger partial charge on any atom is -0.378 e. The zero-order chi connectivity index (χ0) is 12.9. The first-order valence-corrected chi connectivity index (χ1v) is 6.44. The molecule has 2 atom stereocenters. The number of hydrogen-bond donors (Lipinski definition) is 1. The lowest BCUT2D eigenvalue weighted by Crippen LogP contribution is -2.36. The van der Waals surface area contributed by atoms with Gasteiger partial charge < -0.3 is 14.8 Å². The number of ether oxygens (including phenoxy) is 2. The van der Waals surface area contributed by atoms with E-state index in [1.807, 2.05) is 20.8 Å². The Morgan fingerprint density at radius 3 is 2.76 bits per heavy atom. The fourth-order valence-corrected chi connectivity index (χ4v) is 1.96. The maximum atomic E-state index is 11.6. The molecule has 4 heteroatoms. The highest BCUT2D eigenvalue weighted by Gasteiger charge is 2.26. The molecule has 0 aromatic heterocycles. The highest BCUT2D eigenvalue weighted by Crippen LogP contribution is 2.22. The Morgan fingerprint density at radius 2 is 2.18 bits per heavy atom. The van der Waals surface area contributed by atoms with Crippen molar-refractivity contribution >= 4 is 5.91 Å². The van der Waals surface area contributed by atoms with Gasteiger partial charge in [-0.3, -0.25) is 4.79 Å². The molecule has 1 saturated heterocycles. The maximum Gasteiger partial charge on any atom is 0.246 e. The molecule has 1 amide bonds. The summed E-state index contributed by atoms with van der Waals surface area (Å²) in [7, 11) is 0. The quantitative estimate of drug-likeness (QED) is 0.800. The van der Waals surface area contributed by atoms with Crippen LogP contribution in [0.1, 0.15) is 40.5 Å². The Hall–Kier alpha value is -0.610. The van der Waals surface area contributed by atoms with Crippen molar-refractivity contribution in [1.29, 1.82) is 0 Å². The van der Waals surface area contributed by atoms with Crippen LogP contribution < -0.4 is 5.32 Å². The van der Waals surface area contributed by atoms with E-state index in [0.29, 0.717) is 18.6 Å². The molecule has 0 spiro atoms. The van der Waals surface area contributed by atoms with Crippen LogP contribution in [0.15, 0.2) is 0 Å². The third kappa shape index (κ3) is 5.50. The summed E-state index contributed by atoms with van der Waals surface area (Å²) in [6, 6.07) is 0. The summed E-state index contributed by atoms with van der Waals surface area (Å²) < 4.78 is 11.0. The third-order valence-corrected chi connectivity index (χ3v) is 2.95. The predicted octanol–water partition coefficient (Wildman–Crippen LogP) is 1.73. The molecule has 0 aliphatic carbocycles. The third-order valence-electron chi connectivity index (χ3n) is 2.95. The van der Waals surface area contributed by atoms with Crippen molar-refractivity contribution in [2.24, 2.45) is 5.92 Å². The molecule has 2 unspecified atom stereocenters.